The standard InChI is InChI=1S/C8H14O3.CH3.Li/c9-8(10)6-11-7-4-2-1-3-5-7;;/h7H,1-6H2,(H,9,10);1H3;/q;-1;+1. The van der Waals surface area contributed by atoms with Gasteiger partial charge in [-0.15, -0.1) is 0 Å². The number of carbonyl (C=O) groups is 1. The summed E-state index contributed by atoms with van der Waals surface area (Å²) >= 11 is 0. The van der Waals surface area contributed by atoms with E-state index in [1.807, 2.05) is 0 Å². The fourth-order valence-electron chi connectivity index (χ4n) is 1.42. The van der Waals surface area contributed by atoms with Gasteiger partial charge in [-0.2, -0.15) is 0 Å². The van der Waals surface area contributed by atoms with Crippen molar-refractivity contribution < 1.29 is 33.5 Å². The van der Waals surface area contributed by atoms with Crippen LogP contribution in [0.3, 0.4) is 0 Å². The Bertz CT molecular complexity index is 133. The average Bonchev–Trinajstić information content (AvgIpc) is 2.03. The first-order chi connectivity index (χ1) is 5.29. The second kappa shape index (κ2) is 8.62. The van der Waals surface area contributed by atoms with Crippen LogP contribution in [0, 0.1) is 7.43 Å². The van der Waals surface area contributed by atoms with Gasteiger partial charge in [0.25, 0.3) is 0 Å². The summed E-state index contributed by atoms with van der Waals surface area (Å²) in [4.78, 5) is 10.1. The van der Waals surface area contributed by atoms with Crippen molar-refractivity contribution in [3.8, 4) is 0 Å². The van der Waals surface area contributed by atoms with Crippen LogP contribution in [0.5, 0.6) is 0 Å². The minimum Gasteiger partial charge on any atom is -0.480 e. The molecule has 1 aliphatic rings. The number of hydrogen-bond acceptors (Lipinski definition) is 2. The summed E-state index contributed by atoms with van der Waals surface area (Å²) in [6.45, 7) is -0.134. The van der Waals surface area contributed by atoms with Gasteiger partial charge in [0.1, 0.15) is 6.61 Å². The van der Waals surface area contributed by atoms with E-state index in [1.54, 1.807) is 0 Å². The molecule has 0 aliphatic heterocycles. The summed E-state index contributed by atoms with van der Waals surface area (Å²) in [7, 11) is 0. The second-order valence-corrected chi connectivity index (χ2v) is 2.96. The van der Waals surface area contributed by atoms with E-state index < -0.39 is 5.97 Å². The van der Waals surface area contributed by atoms with Crippen molar-refractivity contribution in [3.05, 3.63) is 7.43 Å². The second-order valence-electron chi connectivity index (χ2n) is 2.96. The van der Waals surface area contributed by atoms with Gasteiger partial charge in [-0.3, -0.25) is 0 Å². The van der Waals surface area contributed by atoms with Gasteiger partial charge < -0.3 is 17.3 Å². The molecule has 0 atom stereocenters. The molecule has 0 aromatic rings. The average molecular weight is 180 g/mol. The molecule has 1 fully saturated rings. The molecule has 0 aromatic carbocycles. The molecule has 1 N–H and O–H groups in total. The van der Waals surface area contributed by atoms with E-state index in [0.29, 0.717) is 0 Å². The van der Waals surface area contributed by atoms with Gasteiger partial charge in [0.05, 0.1) is 6.10 Å². The number of rotatable bonds is 3. The molecular weight excluding hydrogens is 163 g/mol. The molecule has 1 rings (SSSR count). The largest absolute Gasteiger partial charge is 1.00 e. The van der Waals surface area contributed by atoms with Crippen LogP contribution in [0.1, 0.15) is 32.1 Å². The predicted octanol–water partition coefficient (Wildman–Crippen LogP) is -1.13. The van der Waals surface area contributed by atoms with Crippen LogP contribution < -0.4 is 18.9 Å². The molecule has 0 spiro atoms. The van der Waals surface area contributed by atoms with E-state index >= 15 is 0 Å². The van der Waals surface area contributed by atoms with E-state index in [9.17, 15) is 4.79 Å². The van der Waals surface area contributed by atoms with Crippen LogP contribution in [0.25, 0.3) is 0 Å². The molecule has 13 heavy (non-hydrogen) atoms. The minimum atomic E-state index is -0.865. The molecule has 0 amide bonds. The molecule has 0 heterocycles. The zero-order valence-corrected chi connectivity index (χ0v) is 8.58. The minimum absolute atomic E-state index is 0. The van der Waals surface area contributed by atoms with Crippen molar-refractivity contribution >= 4 is 5.97 Å². The van der Waals surface area contributed by atoms with Gasteiger partial charge in [0, 0.05) is 0 Å². The maximum absolute atomic E-state index is 10.1. The summed E-state index contributed by atoms with van der Waals surface area (Å²) in [5.74, 6) is -0.865. The third-order valence-electron chi connectivity index (χ3n) is 1.99. The van der Waals surface area contributed by atoms with E-state index in [0.717, 1.165) is 12.8 Å². The predicted molar refractivity (Wildman–Crippen MR) is 46.9 cm³/mol. The van der Waals surface area contributed by atoms with Crippen molar-refractivity contribution in [2.75, 3.05) is 6.61 Å². The summed E-state index contributed by atoms with van der Waals surface area (Å²) < 4.78 is 5.14. The van der Waals surface area contributed by atoms with E-state index in [-0.39, 0.29) is 39.0 Å². The normalized spacial score (nSPS) is 16.9. The molecular formula is C9H17LiO3. The van der Waals surface area contributed by atoms with Gasteiger partial charge in [0.2, 0.25) is 0 Å². The third-order valence-corrected chi connectivity index (χ3v) is 1.99. The molecule has 0 bridgehead atoms. The molecule has 3 nitrogen and oxygen atoms in total. The van der Waals surface area contributed by atoms with E-state index in [2.05, 4.69) is 0 Å². The van der Waals surface area contributed by atoms with E-state index in [1.165, 1.54) is 19.3 Å². The Hall–Kier alpha value is 0.0274. The Morgan fingerprint density at radius 2 is 1.85 bits per heavy atom. The quantitative estimate of drug-likeness (QED) is 0.442. The van der Waals surface area contributed by atoms with Crippen molar-refractivity contribution in [3.63, 3.8) is 0 Å². The zero-order chi connectivity index (χ0) is 8.10. The molecule has 0 unspecified atom stereocenters. The van der Waals surface area contributed by atoms with Crippen LogP contribution in [-0.2, 0) is 9.53 Å². The Morgan fingerprint density at radius 3 is 2.31 bits per heavy atom. The number of hydrogen-bond donors (Lipinski definition) is 1. The SMILES string of the molecule is O=C(O)COC1CCCCC1.[CH3-].[Li+]. The Labute approximate surface area is 92.0 Å². The number of carboxylic acids is 1. The molecule has 4 heteroatoms. The smallest absolute Gasteiger partial charge is 0.480 e. The van der Waals surface area contributed by atoms with Gasteiger partial charge in [-0.1, -0.05) is 19.3 Å². The van der Waals surface area contributed by atoms with Crippen LogP contribution in [0.15, 0.2) is 0 Å². The summed E-state index contributed by atoms with van der Waals surface area (Å²) in [6.07, 6.45) is 5.92. The summed E-state index contributed by atoms with van der Waals surface area (Å²) in [6, 6.07) is 0. The summed E-state index contributed by atoms with van der Waals surface area (Å²) in [5, 5.41) is 8.32. The first-order valence-corrected chi connectivity index (χ1v) is 4.12. The molecule has 0 aromatic heterocycles. The first kappa shape index (κ1) is 15.5. The van der Waals surface area contributed by atoms with E-state index in [4.69, 9.17) is 9.84 Å². The molecule has 1 saturated carbocycles. The van der Waals surface area contributed by atoms with Crippen LogP contribution in [0.2, 0.25) is 0 Å². The molecule has 72 valence electrons. The Morgan fingerprint density at radius 1 is 1.31 bits per heavy atom. The fourth-order valence-corrected chi connectivity index (χ4v) is 1.42. The number of carboxylic acid groups (broad SMARTS) is 1. The van der Waals surface area contributed by atoms with Crippen molar-refractivity contribution in [1.29, 1.82) is 0 Å². The topological polar surface area (TPSA) is 46.5 Å². The third kappa shape index (κ3) is 7.13. The summed E-state index contributed by atoms with van der Waals surface area (Å²) in [5.41, 5.74) is 0. The van der Waals surface area contributed by atoms with Crippen molar-refractivity contribution in [1.82, 2.24) is 0 Å². The van der Waals surface area contributed by atoms with Gasteiger partial charge in [-0.05, 0) is 12.8 Å². The van der Waals surface area contributed by atoms with Gasteiger partial charge in [-0.25, -0.2) is 4.79 Å². The van der Waals surface area contributed by atoms with Crippen molar-refractivity contribution in [2.45, 2.75) is 38.2 Å². The molecule has 0 radical (unpaired) electrons. The maximum Gasteiger partial charge on any atom is 1.00 e. The monoisotopic (exact) mass is 180 g/mol. The maximum atomic E-state index is 10.1. The number of ether oxygens (including phenoxy) is 1. The van der Waals surface area contributed by atoms with Gasteiger partial charge >= 0.3 is 24.8 Å². The molecule has 0 saturated heterocycles. The van der Waals surface area contributed by atoms with Gasteiger partial charge in [0.15, 0.2) is 0 Å². The Balaban J connectivity index is 0. The molecule has 1 aliphatic carbocycles. The van der Waals surface area contributed by atoms with Crippen molar-refractivity contribution in [2.24, 2.45) is 0 Å². The van der Waals surface area contributed by atoms with Crippen LogP contribution in [0.4, 0.5) is 0 Å². The van der Waals surface area contributed by atoms with Crippen LogP contribution in [-0.4, -0.2) is 23.8 Å². The Kier molecular flexibility index (Phi) is 10.3. The number of aliphatic carboxylic acids is 1. The fraction of sp³-hybridized carbons (Fsp3) is 0.778. The zero-order valence-electron chi connectivity index (χ0n) is 8.58. The van der Waals surface area contributed by atoms with Crippen LogP contribution >= 0.6 is 0 Å². The first-order valence-electron chi connectivity index (χ1n) is 4.12.